The molecule has 0 fully saturated rings. The van der Waals surface area contributed by atoms with Gasteiger partial charge < -0.3 is 20.5 Å². The smallest absolute Gasteiger partial charge is 0.319 e. The Labute approximate surface area is 170 Å². The van der Waals surface area contributed by atoms with E-state index in [-0.39, 0.29) is 11.9 Å². The summed E-state index contributed by atoms with van der Waals surface area (Å²) in [4.78, 5) is 24.6. The summed E-state index contributed by atoms with van der Waals surface area (Å²) >= 11 is 0. The number of aryl methyl sites for hydroxylation is 1. The quantitative estimate of drug-likeness (QED) is 0.578. The molecule has 3 amide bonds. The van der Waals surface area contributed by atoms with Crippen LogP contribution in [-0.2, 0) is 6.54 Å². The van der Waals surface area contributed by atoms with Gasteiger partial charge in [-0.15, -0.1) is 0 Å². The average molecular weight is 390 g/mol. The number of anilines is 2. The summed E-state index contributed by atoms with van der Waals surface area (Å²) in [5.74, 6) is -0.174. The monoisotopic (exact) mass is 390 g/mol. The van der Waals surface area contributed by atoms with Crippen molar-refractivity contribution in [3.05, 3.63) is 83.2 Å². The fourth-order valence-electron chi connectivity index (χ4n) is 3.25. The lowest BCUT2D eigenvalue weighted by Gasteiger charge is -2.11. The molecular weight excluding hydrogens is 364 g/mol. The fourth-order valence-corrected chi connectivity index (χ4v) is 3.25. The van der Waals surface area contributed by atoms with Gasteiger partial charge in [0.15, 0.2) is 0 Å². The summed E-state index contributed by atoms with van der Waals surface area (Å²) in [5, 5.41) is 8.34. The van der Waals surface area contributed by atoms with Gasteiger partial charge in [-0.05, 0) is 50.6 Å². The summed E-state index contributed by atoms with van der Waals surface area (Å²) in [6.45, 7) is 7.07. The highest BCUT2D eigenvalue weighted by molar-refractivity contribution is 6.05. The molecule has 0 unspecified atom stereocenters. The first-order chi connectivity index (χ1) is 14.0. The van der Waals surface area contributed by atoms with E-state index in [9.17, 15) is 9.59 Å². The molecule has 0 aliphatic heterocycles. The second-order valence-corrected chi connectivity index (χ2v) is 6.88. The Morgan fingerprint density at radius 3 is 2.28 bits per heavy atom. The van der Waals surface area contributed by atoms with E-state index in [1.807, 2.05) is 45.0 Å². The highest BCUT2D eigenvalue weighted by Gasteiger charge is 2.16. The molecule has 0 bridgehead atoms. The van der Waals surface area contributed by atoms with Gasteiger partial charge in [0.25, 0.3) is 5.91 Å². The van der Waals surface area contributed by atoms with Gasteiger partial charge in [-0.3, -0.25) is 4.79 Å². The highest BCUT2D eigenvalue weighted by Crippen LogP contribution is 2.20. The standard InChI is InChI=1S/C23H26N4O2/c1-4-24-23(29)26-20-12-8-11-19(14-20)25-22(28)21-13-16(2)27(17(21)3)15-18-9-6-5-7-10-18/h5-14H,4,15H2,1-3H3,(H,25,28)(H2,24,26,29). The molecule has 29 heavy (non-hydrogen) atoms. The van der Waals surface area contributed by atoms with Crippen LogP contribution in [0.1, 0.15) is 34.2 Å². The number of rotatable bonds is 6. The van der Waals surface area contributed by atoms with E-state index in [1.165, 1.54) is 5.56 Å². The number of amides is 3. The van der Waals surface area contributed by atoms with Gasteiger partial charge in [-0.1, -0.05) is 36.4 Å². The summed E-state index contributed by atoms with van der Waals surface area (Å²) < 4.78 is 2.14. The lowest BCUT2D eigenvalue weighted by molar-refractivity contribution is 0.102. The first kappa shape index (κ1) is 20.2. The van der Waals surface area contributed by atoms with Crippen LogP contribution in [-0.4, -0.2) is 23.1 Å². The lowest BCUT2D eigenvalue weighted by atomic mass is 10.2. The van der Waals surface area contributed by atoms with Crippen LogP contribution in [0, 0.1) is 13.8 Å². The number of nitrogens with one attached hydrogen (secondary N) is 3. The molecule has 0 saturated heterocycles. The van der Waals surface area contributed by atoms with Crippen molar-refractivity contribution in [1.82, 2.24) is 9.88 Å². The number of carbonyl (C=O) groups is 2. The van der Waals surface area contributed by atoms with Crippen LogP contribution in [0.25, 0.3) is 0 Å². The zero-order chi connectivity index (χ0) is 20.8. The number of hydrogen-bond donors (Lipinski definition) is 3. The third-order valence-electron chi connectivity index (χ3n) is 4.72. The van der Waals surface area contributed by atoms with Gasteiger partial charge in [0, 0.05) is 35.9 Å². The van der Waals surface area contributed by atoms with Crippen LogP contribution in [0.2, 0.25) is 0 Å². The molecule has 0 aliphatic carbocycles. The number of benzene rings is 2. The minimum Gasteiger partial charge on any atom is -0.344 e. The van der Waals surface area contributed by atoms with Gasteiger partial charge in [0.2, 0.25) is 0 Å². The van der Waals surface area contributed by atoms with Crippen molar-refractivity contribution in [2.45, 2.75) is 27.3 Å². The Morgan fingerprint density at radius 1 is 0.897 bits per heavy atom. The molecule has 0 spiro atoms. The van der Waals surface area contributed by atoms with Crippen molar-refractivity contribution in [2.24, 2.45) is 0 Å². The van der Waals surface area contributed by atoms with E-state index in [4.69, 9.17) is 0 Å². The number of urea groups is 1. The van der Waals surface area contributed by atoms with Crippen LogP contribution in [0.15, 0.2) is 60.7 Å². The van der Waals surface area contributed by atoms with Gasteiger partial charge in [-0.25, -0.2) is 4.79 Å². The lowest BCUT2D eigenvalue weighted by Crippen LogP contribution is -2.28. The zero-order valence-corrected chi connectivity index (χ0v) is 17.0. The van der Waals surface area contributed by atoms with Crippen LogP contribution < -0.4 is 16.0 Å². The van der Waals surface area contributed by atoms with Gasteiger partial charge in [-0.2, -0.15) is 0 Å². The second kappa shape index (κ2) is 9.10. The van der Waals surface area contributed by atoms with Crippen LogP contribution in [0.3, 0.4) is 0 Å². The van der Waals surface area contributed by atoms with E-state index in [2.05, 4.69) is 32.7 Å². The van der Waals surface area contributed by atoms with Crippen molar-refractivity contribution >= 4 is 23.3 Å². The van der Waals surface area contributed by atoms with E-state index in [0.717, 1.165) is 17.9 Å². The molecule has 6 nitrogen and oxygen atoms in total. The minimum absolute atomic E-state index is 0.174. The number of hydrogen-bond acceptors (Lipinski definition) is 2. The van der Waals surface area contributed by atoms with Crippen molar-refractivity contribution in [1.29, 1.82) is 0 Å². The number of nitrogens with zero attached hydrogens (tertiary/aromatic N) is 1. The molecule has 3 rings (SSSR count). The summed E-state index contributed by atoms with van der Waals surface area (Å²) in [7, 11) is 0. The van der Waals surface area contributed by atoms with Crippen LogP contribution >= 0.6 is 0 Å². The summed E-state index contributed by atoms with van der Waals surface area (Å²) in [5.41, 5.74) is 5.01. The third-order valence-corrected chi connectivity index (χ3v) is 4.72. The van der Waals surface area contributed by atoms with Crippen molar-refractivity contribution in [3.8, 4) is 0 Å². The first-order valence-corrected chi connectivity index (χ1v) is 9.65. The topological polar surface area (TPSA) is 75.2 Å². The third kappa shape index (κ3) is 5.04. The van der Waals surface area contributed by atoms with Crippen molar-refractivity contribution < 1.29 is 9.59 Å². The van der Waals surface area contributed by atoms with Gasteiger partial charge >= 0.3 is 6.03 Å². The summed E-state index contributed by atoms with van der Waals surface area (Å²) in [6.07, 6.45) is 0. The Bertz CT molecular complexity index is 1010. The number of carbonyl (C=O) groups excluding carboxylic acids is 2. The van der Waals surface area contributed by atoms with Crippen LogP contribution in [0.5, 0.6) is 0 Å². The Balaban J connectivity index is 1.74. The predicted octanol–water partition coefficient (Wildman–Crippen LogP) is 4.55. The largest absolute Gasteiger partial charge is 0.344 e. The Kier molecular flexibility index (Phi) is 6.34. The molecule has 0 saturated carbocycles. The van der Waals surface area contributed by atoms with E-state index in [1.54, 1.807) is 24.3 Å². The van der Waals surface area contributed by atoms with E-state index >= 15 is 0 Å². The molecule has 2 aromatic carbocycles. The molecule has 3 N–H and O–H groups in total. The van der Waals surface area contributed by atoms with Gasteiger partial charge in [0.05, 0.1) is 5.56 Å². The SMILES string of the molecule is CCNC(=O)Nc1cccc(NC(=O)c2cc(C)n(Cc3ccccc3)c2C)c1. The highest BCUT2D eigenvalue weighted by atomic mass is 16.2. The fraction of sp³-hybridized carbons (Fsp3) is 0.217. The number of aromatic nitrogens is 1. The molecule has 3 aromatic rings. The maximum atomic E-state index is 12.9. The molecule has 0 radical (unpaired) electrons. The first-order valence-electron chi connectivity index (χ1n) is 9.65. The predicted molar refractivity (Wildman–Crippen MR) is 117 cm³/mol. The maximum Gasteiger partial charge on any atom is 0.319 e. The second-order valence-electron chi connectivity index (χ2n) is 6.88. The Morgan fingerprint density at radius 2 is 1.59 bits per heavy atom. The molecule has 1 heterocycles. The van der Waals surface area contributed by atoms with Crippen molar-refractivity contribution in [3.63, 3.8) is 0 Å². The molecule has 150 valence electrons. The molecule has 0 atom stereocenters. The van der Waals surface area contributed by atoms with Crippen molar-refractivity contribution in [2.75, 3.05) is 17.2 Å². The van der Waals surface area contributed by atoms with Crippen LogP contribution in [0.4, 0.5) is 16.2 Å². The van der Waals surface area contributed by atoms with Gasteiger partial charge in [0.1, 0.15) is 0 Å². The summed E-state index contributed by atoms with van der Waals surface area (Å²) in [6, 6.07) is 18.9. The average Bonchev–Trinajstić information content (AvgIpc) is 2.97. The molecule has 0 aliphatic rings. The maximum absolute atomic E-state index is 12.9. The molecule has 1 aromatic heterocycles. The molecular formula is C23H26N4O2. The zero-order valence-electron chi connectivity index (χ0n) is 17.0. The van der Waals surface area contributed by atoms with E-state index in [0.29, 0.717) is 23.5 Å². The van der Waals surface area contributed by atoms with E-state index < -0.39 is 0 Å². The molecule has 6 heteroatoms. The Hall–Kier alpha value is -3.54. The minimum atomic E-state index is -0.277. The normalized spacial score (nSPS) is 10.4.